The predicted molar refractivity (Wildman–Crippen MR) is 57.3 cm³/mol. The van der Waals surface area contributed by atoms with Gasteiger partial charge in [0, 0.05) is 12.5 Å². The first-order chi connectivity index (χ1) is 6.95. The lowest BCUT2D eigenvalue weighted by Gasteiger charge is -2.09. The van der Waals surface area contributed by atoms with E-state index in [1.807, 2.05) is 0 Å². The zero-order chi connectivity index (χ0) is 11.8. The highest BCUT2D eigenvalue weighted by molar-refractivity contribution is 8.14. The Morgan fingerprint density at radius 2 is 2.00 bits per heavy atom. The molecule has 0 rings (SSSR count). The van der Waals surface area contributed by atoms with E-state index >= 15 is 0 Å². The molecule has 84 valence electrons. The van der Waals surface area contributed by atoms with E-state index in [9.17, 15) is 14.4 Å². The summed E-state index contributed by atoms with van der Waals surface area (Å²) in [5.41, 5.74) is 0. The highest BCUT2D eigenvalue weighted by Gasteiger charge is 2.09. The van der Waals surface area contributed by atoms with Crippen molar-refractivity contribution < 1.29 is 19.5 Å². The van der Waals surface area contributed by atoms with Crippen LogP contribution in [0.5, 0.6) is 0 Å². The first-order valence-corrected chi connectivity index (χ1v) is 5.24. The lowest BCUT2D eigenvalue weighted by Crippen LogP contribution is -2.30. The quantitative estimate of drug-likeness (QED) is 0.539. The Morgan fingerprint density at radius 3 is 2.47 bits per heavy atom. The maximum Gasteiger partial charge on any atom is 0.328 e. The van der Waals surface area contributed by atoms with Crippen LogP contribution >= 0.6 is 11.8 Å². The molecular weight excluding hydrogens is 218 g/mol. The Kier molecular flexibility index (Phi) is 6.44. The number of carbonyl (C=O) groups is 3. The zero-order valence-corrected chi connectivity index (χ0v) is 9.34. The highest BCUT2D eigenvalue weighted by atomic mass is 32.2. The molecule has 0 spiro atoms. The van der Waals surface area contributed by atoms with E-state index in [1.54, 1.807) is 13.8 Å². The van der Waals surface area contributed by atoms with Crippen molar-refractivity contribution in [3.05, 3.63) is 12.2 Å². The van der Waals surface area contributed by atoms with Crippen LogP contribution in [0.1, 0.15) is 20.3 Å². The fraction of sp³-hybridized carbons (Fsp3) is 0.444. The molecule has 0 bridgehead atoms. The van der Waals surface area contributed by atoms with Gasteiger partial charge in [0.2, 0.25) is 11.0 Å². The number of hydrogen-bond acceptors (Lipinski definition) is 4. The molecule has 0 aromatic rings. The lowest BCUT2D eigenvalue weighted by atomic mass is 10.4. The minimum atomic E-state index is -1.17. The molecular formula is C9H13NO4S. The summed E-state index contributed by atoms with van der Waals surface area (Å²) < 4.78 is 0. The second-order valence-electron chi connectivity index (χ2n) is 2.67. The molecule has 2 N–H and O–H groups in total. The van der Waals surface area contributed by atoms with Gasteiger partial charge in [-0.1, -0.05) is 18.7 Å². The van der Waals surface area contributed by atoms with Gasteiger partial charge in [0.15, 0.2) is 0 Å². The molecule has 0 saturated carbocycles. The van der Waals surface area contributed by atoms with Crippen LogP contribution in [-0.4, -0.2) is 27.5 Å². The zero-order valence-electron chi connectivity index (χ0n) is 8.52. The highest BCUT2D eigenvalue weighted by Crippen LogP contribution is 2.09. The van der Waals surface area contributed by atoms with Crippen molar-refractivity contribution in [3.8, 4) is 0 Å². The smallest absolute Gasteiger partial charge is 0.328 e. The van der Waals surface area contributed by atoms with Crippen LogP contribution in [0, 0.1) is 0 Å². The van der Waals surface area contributed by atoms with Gasteiger partial charge in [0.1, 0.15) is 0 Å². The molecule has 0 aliphatic heterocycles. The van der Waals surface area contributed by atoms with Crippen molar-refractivity contribution in [1.82, 2.24) is 5.32 Å². The third-order valence-electron chi connectivity index (χ3n) is 1.34. The number of carbonyl (C=O) groups excluding carboxylic acids is 2. The standard InChI is InChI=1S/C9H13NO4S/c1-3-7(11)10-6(2)15-9(14)5-4-8(12)13/h4-6H,3H2,1-2H3,(H,10,11)(H,12,13). The third-order valence-corrected chi connectivity index (χ3v) is 2.18. The molecule has 0 aromatic carbocycles. The van der Waals surface area contributed by atoms with Gasteiger partial charge in [0.25, 0.3) is 0 Å². The Labute approximate surface area is 91.9 Å². The number of carboxylic acid groups (broad SMARTS) is 1. The molecule has 0 saturated heterocycles. The molecule has 0 fully saturated rings. The third kappa shape index (κ3) is 7.75. The van der Waals surface area contributed by atoms with Gasteiger partial charge in [-0.05, 0) is 13.0 Å². The van der Waals surface area contributed by atoms with Gasteiger partial charge in [0.05, 0.1) is 5.37 Å². The van der Waals surface area contributed by atoms with Crippen LogP contribution in [0.15, 0.2) is 12.2 Å². The van der Waals surface area contributed by atoms with Crippen molar-refractivity contribution in [2.75, 3.05) is 0 Å². The first kappa shape index (κ1) is 13.7. The average molecular weight is 231 g/mol. The van der Waals surface area contributed by atoms with Crippen LogP contribution in [0.25, 0.3) is 0 Å². The Morgan fingerprint density at radius 1 is 1.40 bits per heavy atom. The van der Waals surface area contributed by atoms with Crippen LogP contribution < -0.4 is 5.32 Å². The number of carboxylic acids is 1. The number of thioether (sulfide) groups is 1. The minimum absolute atomic E-state index is 0.148. The summed E-state index contributed by atoms with van der Waals surface area (Å²) in [6.45, 7) is 3.36. The van der Waals surface area contributed by atoms with Gasteiger partial charge in [-0.2, -0.15) is 0 Å². The second kappa shape index (κ2) is 7.05. The SMILES string of the molecule is CCC(=O)NC(C)SC(=O)C=CC(=O)O. The molecule has 0 radical (unpaired) electrons. The molecule has 5 nitrogen and oxygen atoms in total. The van der Waals surface area contributed by atoms with E-state index in [2.05, 4.69) is 5.32 Å². The normalized spacial score (nSPS) is 12.4. The number of rotatable bonds is 5. The lowest BCUT2D eigenvalue weighted by molar-refractivity contribution is -0.131. The van der Waals surface area contributed by atoms with E-state index in [0.717, 1.165) is 23.9 Å². The van der Waals surface area contributed by atoms with Gasteiger partial charge in [-0.15, -0.1) is 0 Å². The molecule has 0 aromatic heterocycles. The number of amides is 1. The topological polar surface area (TPSA) is 83.5 Å². The Balaban J connectivity index is 3.96. The summed E-state index contributed by atoms with van der Waals surface area (Å²) in [4.78, 5) is 32.1. The van der Waals surface area contributed by atoms with Crippen LogP contribution in [-0.2, 0) is 14.4 Å². The summed E-state index contributed by atoms with van der Waals surface area (Å²) >= 11 is 0.864. The molecule has 6 heteroatoms. The van der Waals surface area contributed by atoms with E-state index in [4.69, 9.17) is 5.11 Å². The molecule has 0 aliphatic carbocycles. The maximum atomic E-state index is 11.1. The van der Waals surface area contributed by atoms with E-state index in [0.29, 0.717) is 6.42 Å². The Hall–Kier alpha value is -1.30. The largest absolute Gasteiger partial charge is 0.478 e. The summed E-state index contributed by atoms with van der Waals surface area (Å²) in [6, 6.07) is 0. The molecule has 1 amide bonds. The van der Waals surface area contributed by atoms with Gasteiger partial charge in [-0.25, -0.2) is 4.79 Å². The van der Waals surface area contributed by atoms with Crippen molar-refractivity contribution in [3.63, 3.8) is 0 Å². The van der Waals surface area contributed by atoms with Crippen LogP contribution in [0.4, 0.5) is 0 Å². The fourth-order valence-corrected chi connectivity index (χ4v) is 1.40. The monoisotopic (exact) mass is 231 g/mol. The Bertz CT molecular complexity index is 288. The van der Waals surface area contributed by atoms with Crippen LogP contribution in [0.3, 0.4) is 0 Å². The van der Waals surface area contributed by atoms with E-state index in [-0.39, 0.29) is 11.3 Å². The van der Waals surface area contributed by atoms with E-state index in [1.165, 1.54) is 0 Å². The minimum Gasteiger partial charge on any atom is -0.478 e. The predicted octanol–water partition coefficient (Wildman–Crippen LogP) is 0.759. The summed E-state index contributed by atoms with van der Waals surface area (Å²) in [5, 5.41) is 10.1. The maximum absolute atomic E-state index is 11.1. The van der Waals surface area contributed by atoms with Crippen molar-refractivity contribution >= 4 is 28.8 Å². The first-order valence-electron chi connectivity index (χ1n) is 4.36. The van der Waals surface area contributed by atoms with Crippen molar-refractivity contribution in [2.45, 2.75) is 25.6 Å². The van der Waals surface area contributed by atoms with Crippen molar-refractivity contribution in [2.24, 2.45) is 0 Å². The average Bonchev–Trinajstić information content (AvgIpc) is 2.14. The molecule has 0 aliphatic rings. The second-order valence-corrected chi connectivity index (χ2v) is 4.02. The number of hydrogen-bond donors (Lipinski definition) is 2. The molecule has 1 unspecified atom stereocenters. The molecule has 1 atom stereocenters. The van der Waals surface area contributed by atoms with Gasteiger partial charge < -0.3 is 10.4 Å². The number of nitrogens with one attached hydrogen (secondary N) is 1. The number of aliphatic carboxylic acids is 1. The van der Waals surface area contributed by atoms with Gasteiger partial charge in [-0.3, -0.25) is 9.59 Å². The summed E-state index contributed by atoms with van der Waals surface area (Å²) in [7, 11) is 0. The van der Waals surface area contributed by atoms with Crippen molar-refractivity contribution in [1.29, 1.82) is 0 Å². The van der Waals surface area contributed by atoms with E-state index < -0.39 is 11.1 Å². The fourth-order valence-electron chi connectivity index (χ4n) is 0.711. The summed E-state index contributed by atoms with van der Waals surface area (Å²) in [6.07, 6.45) is 2.08. The van der Waals surface area contributed by atoms with Crippen LogP contribution in [0.2, 0.25) is 0 Å². The summed E-state index contributed by atoms with van der Waals surface area (Å²) in [5.74, 6) is -1.32. The molecule has 0 heterocycles. The van der Waals surface area contributed by atoms with Gasteiger partial charge >= 0.3 is 5.97 Å². The molecule has 15 heavy (non-hydrogen) atoms.